The Kier molecular flexibility index (Phi) is 3.09. The predicted molar refractivity (Wildman–Crippen MR) is 44.5 cm³/mol. The van der Waals surface area contributed by atoms with E-state index in [9.17, 15) is 9.90 Å². The first-order valence-electron chi connectivity index (χ1n) is 4.51. The van der Waals surface area contributed by atoms with Gasteiger partial charge in [0.2, 0.25) is 0 Å². The van der Waals surface area contributed by atoms with Crippen molar-refractivity contribution in [2.75, 3.05) is 6.61 Å². The minimum atomic E-state index is -0.487. The molecule has 1 N–H and O–H groups in total. The number of hydrogen-bond donors (Lipinski definition) is 1. The molecule has 3 atom stereocenters. The van der Waals surface area contributed by atoms with Gasteiger partial charge in [-0.25, -0.2) is 0 Å². The third-order valence-electron chi connectivity index (χ3n) is 2.50. The summed E-state index contributed by atoms with van der Waals surface area (Å²) in [6, 6.07) is 0. The highest BCUT2D eigenvalue weighted by Crippen LogP contribution is 2.32. The summed E-state index contributed by atoms with van der Waals surface area (Å²) < 4.78 is 4.87. The molecule has 1 fully saturated rings. The lowest BCUT2D eigenvalue weighted by Crippen LogP contribution is -2.28. The topological polar surface area (TPSA) is 46.5 Å². The lowest BCUT2D eigenvalue weighted by Gasteiger charge is -2.16. The fraction of sp³-hybridized carbons (Fsp3) is 0.889. The molecule has 3 nitrogen and oxygen atoms in total. The minimum absolute atomic E-state index is 0.241. The standard InChI is InChI=1S/C9H16O3/c1-3-12-9(11)8-6(2)4-5-7(8)10/h6-8,10H,3-5H2,1-2H3. The van der Waals surface area contributed by atoms with Crippen molar-refractivity contribution in [2.24, 2.45) is 11.8 Å². The Morgan fingerprint density at radius 1 is 1.58 bits per heavy atom. The van der Waals surface area contributed by atoms with Crippen molar-refractivity contribution in [1.82, 2.24) is 0 Å². The van der Waals surface area contributed by atoms with Gasteiger partial charge in [0.05, 0.1) is 18.6 Å². The van der Waals surface area contributed by atoms with Gasteiger partial charge in [-0.1, -0.05) is 6.92 Å². The van der Waals surface area contributed by atoms with Gasteiger partial charge in [0.15, 0.2) is 0 Å². The Labute approximate surface area is 72.7 Å². The second-order valence-corrected chi connectivity index (χ2v) is 3.40. The SMILES string of the molecule is CCOC(=O)C1C(C)CCC1O. The van der Waals surface area contributed by atoms with E-state index in [1.807, 2.05) is 6.92 Å². The van der Waals surface area contributed by atoms with Crippen molar-refractivity contribution in [2.45, 2.75) is 32.8 Å². The van der Waals surface area contributed by atoms with Gasteiger partial charge in [-0.3, -0.25) is 4.79 Å². The van der Waals surface area contributed by atoms with Crippen molar-refractivity contribution in [1.29, 1.82) is 0 Å². The average molecular weight is 172 g/mol. The van der Waals surface area contributed by atoms with Gasteiger partial charge in [-0.15, -0.1) is 0 Å². The lowest BCUT2D eigenvalue weighted by atomic mass is 9.97. The number of aliphatic hydroxyl groups is 1. The van der Waals surface area contributed by atoms with Crippen LogP contribution in [0.4, 0.5) is 0 Å². The molecule has 0 saturated heterocycles. The molecule has 0 heterocycles. The molecular formula is C9H16O3. The molecule has 0 bridgehead atoms. The molecule has 0 radical (unpaired) electrons. The highest BCUT2D eigenvalue weighted by molar-refractivity contribution is 5.73. The molecule has 0 aliphatic heterocycles. The fourth-order valence-electron chi connectivity index (χ4n) is 1.80. The second kappa shape index (κ2) is 3.90. The third kappa shape index (κ3) is 1.78. The maximum absolute atomic E-state index is 11.3. The fourth-order valence-corrected chi connectivity index (χ4v) is 1.80. The van der Waals surface area contributed by atoms with Crippen LogP contribution in [0.15, 0.2) is 0 Å². The van der Waals surface area contributed by atoms with Crippen LogP contribution in [-0.2, 0) is 9.53 Å². The summed E-state index contributed by atoms with van der Waals surface area (Å²) in [5.41, 5.74) is 0. The molecule has 0 aromatic heterocycles. The quantitative estimate of drug-likeness (QED) is 0.631. The molecule has 1 aliphatic carbocycles. The first-order valence-corrected chi connectivity index (χ1v) is 4.51. The largest absolute Gasteiger partial charge is 0.466 e. The van der Waals surface area contributed by atoms with Crippen LogP contribution in [0, 0.1) is 11.8 Å². The Balaban J connectivity index is 2.53. The van der Waals surface area contributed by atoms with Gasteiger partial charge in [0.25, 0.3) is 0 Å². The minimum Gasteiger partial charge on any atom is -0.466 e. The Morgan fingerprint density at radius 3 is 2.67 bits per heavy atom. The van der Waals surface area contributed by atoms with Crippen molar-refractivity contribution in [3.63, 3.8) is 0 Å². The first kappa shape index (κ1) is 9.52. The third-order valence-corrected chi connectivity index (χ3v) is 2.50. The van der Waals surface area contributed by atoms with E-state index in [-0.39, 0.29) is 17.8 Å². The molecule has 0 aromatic carbocycles. The summed E-state index contributed by atoms with van der Waals surface area (Å²) in [7, 11) is 0. The number of carbonyl (C=O) groups is 1. The van der Waals surface area contributed by atoms with E-state index in [4.69, 9.17) is 4.74 Å². The van der Waals surface area contributed by atoms with Crippen LogP contribution in [0.2, 0.25) is 0 Å². The highest BCUT2D eigenvalue weighted by Gasteiger charge is 2.38. The molecule has 1 aliphatic rings. The van der Waals surface area contributed by atoms with Crippen LogP contribution >= 0.6 is 0 Å². The molecular weight excluding hydrogens is 156 g/mol. The molecule has 1 saturated carbocycles. The molecule has 1 rings (SSSR count). The zero-order valence-electron chi connectivity index (χ0n) is 7.62. The molecule has 3 heteroatoms. The monoisotopic (exact) mass is 172 g/mol. The van der Waals surface area contributed by atoms with Crippen LogP contribution < -0.4 is 0 Å². The maximum atomic E-state index is 11.3. The summed E-state index contributed by atoms with van der Waals surface area (Å²) >= 11 is 0. The van der Waals surface area contributed by atoms with E-state index in [2.05, 4.69) is 0 Å². The summed E-state index contributed by atoms with van der Waals surface area (Å²) in [6.07, 6.45) is 1.16. The molecule has 0 spiro atoms. The van der Waals surface area contributed by atoms with Crippen molar-refractivity contribution in [3.05, 3.63) is 0 Å². The Morgan fingerprint density at radius 2 is 2.25 bits per heavy atom. The van der Waals surface area contributed by atoms with E-state index in [1.165, 1.54) is 0 Å². The van der Waals surface area contributed by atoms with Gasteiger partial charge in [0, 0.05) is 0 Å². The van der Waals surface area contributed by atoms with E-state index in [0.29, 0.717) is 6.61 Å². The smallest absolute Gasteiger partial charge is 0.311 e. The number of ether oxygens (including phenoxy) is 1. The van der Waals surface area contributed by atoms with Gasteiger partial charge in [0.1, 0.15) is 0 Å². The van der Waals surface area contributed by atoms with Crippen LogP contribution in [0.5, 0.6) is 0 Å². The number of aliphatic hydroxyl groups excluding tert-OH is 1. The summed E-state index contributed by atoms with van der Waals surface area (Å²) in [4.78, 5) is 11.3. The second-order valence-electron chi connectivity index (χ2n) is 3.40. The first-order chi connectivity index (χ1) is 5.66. The van der Waals surface area contributed by atoms with Gasteiger partial charge < -0.3 is 9.84 Å². The van der Waals surface area contributed by atoms with Gasteiger partial charge >= 0.3 is 5.97 Å². The van der Waals surface area contributed by atoms with Crippen LogP contribution in [-0.4, -0.2) is 23.8 Å². The predicted octanol–water partition coefficient (Wildman–Crippen LogP) is 0.956. The maximum Gasteiger partial charge on any atom is 0.311 e. The highest BCUT2D eigenvalue weighted by atomic mass is 16.5. The summed E-state index contributed by atoms with van der Waals surface area (Å²) in [5.74, 6) is -0.265. The van der Waals surface area contributed by atoms with Gasteiger partial charge in [-0.05, 0) is 25.7 Å². The van der Waals surface area contributed by atoms with E-state index in [1.54, 1.807) is 6.92 Å². The van der Waals surface area contributed by atoms with E-state index in [0.717, 1.165) is 12.8 Å². The van der Waals surface area contributed by atoms with Crippen molar-refractivity contribution in [3.8, 4) is 0 Å². The normalized spacial score (nSPS) is 35.1. The molecule has 0 aromatic rings. The molecule has 0 amide bonds. The number of esters is 1. The molecule has 70 valence electrons. The number of carbonyl (C=O) groups excluding carboxylic acids is 1. The summed E-state index contributed by atoms with van der Waals surface area (Å²) in [5, 5.41) is 9.46. The zero-order valence-corrected chi connectivity index (χ0v) is 7.62. The van der Waals surface area contributed by atoms with Crippen LogP contribution in [0.1, 0.15) is 26.7 Å². The summed E-state index contributed by atoms with van der Waals surface area (Å²) in [6.45, 7) is 4.16. The Hall–Kier alpha value is -0.570. The molecule has 3 unspecified atom stereocenters. The molecule has 12 heavy (non-hydrogen) atoms. The zero-order chi connectivity index (χ0) is 9.14. The van der Waals surface area contributed by atoms with Gasteiger partial charge in [-0.2, -0.15) is 0 Å². The van der Waals surface area contributed by atoms with Crippen molar-refractivity contribution < 1.29 is 14.6 Å². The average Bonchev–Trinajstić information content (AvgIpc) is 2.32. The number of hydrogen-bond acceptors (Lipinski definition) is 3. The van der Waals surface area contributed by atoms with E-state index >= 15 is 0 Å². The van der Waals surface area contributed by atoms with Crippen molar-refractivity contribution >= 4 is 5.97 Å². The number of rotatable bonds is 2. The lowest BCUT2D eigenvalue weighted by molar-refractivity contribution is -0.152. The van der Waals surface area contributed by atoms with E-state index < -0.39 is 6.10 Å². The van der Waals surface area contributed by atoms with Crippen LogP contribution in [0.3, 0.4) is 0 Å². The Bertz CT molecular complexity index is 157. The van der Waals surface area contributed by atoms with Crippen LogP contribution in [0.25, 0.3) is 0 Å².